The van der Waals surface area contributed by atoms with E-state index in [1.807, 2.05) is 12.3 Å². The van der Waals surface area contributed by atoms with Gasteiger partial charge in [-0.2, -0.15) is 0 Å². The standard InChI is InChI=1S/C52H47N3/c1-3-14-36(15-4-1)38-21-13-22-39(37-16-5-2-6-17-37)51(38)49-33-54-52-46-32-35(26-28-42(46)43-19-9-10-24-48(43)55(49)52)30-34-25-27-41-40-18-7-8-20-44(40)50(45(41)31-34)47-23-11-12-29-53-47/h7-13,18-29,31-33,36-37,50H,1-6,14-17,30H2. The lowest BCUT2D eigenvalue weighted by Gasteiger charge is -2.29. The molecule has 0 bridgehead atoms. The molecule has 1 atom stereocenters. The Kier molecular flexibility index (Phi) is 8.15. The summed E-state index contributed by atoms with van der Waals surface area (Å²) in [6, 6.07) is 45.7. The number of hydrogen-bond acceptors (Lipinski definition) is 2. The zero-order valence-electron chi connectivity index (χ0n) is 31.6. The van der Waals surface area contributed by atoms with E-state index in [2.05, 4.69) is 126 Å². The molecule has 2 fully saturated rings. The molecule has 270 valence electrons. The van der Waals surface area contributed by atoms with Crippen LogP contribution in [-0.2, 0) is 6.42 Å². The summed E-state index contributed by atoms with van der Waals surface area (Å²) in [5.41, 5.74) is 17.3. The number of benzene rings is 5. The molecular weight excluding hydrogens is 667 g/mol. The third-order valence-corrected chi connectivity index (χ3v) is 13.4. The van der Waals surface area contributed by atoms with E-state index < -0.39 is 0 Å². The lowest BCUT2D eigenvalue weighted by molar-refractivity contribution is 0.436. The molecule has 3 heterocycles. The van der Waals surface area contributed by atoms with E-state index in [1.165, 1.54) is 131 Å². The minimum absolute atomic E-state index is 0.147. The maximum absolute atomic E-state index is 5.36. The Bertz CT molecular complexity index is 2670. The minimum Gasteiger partial charge on any atom is -0.292 e. The molecule has 2 saturated carbocycles. The summed E-state index contributed by atoms with van der Waals surface area (Å²) in [4.78, 5) is 10.2. The Morgan fingerprint density at radius 3 is 1.96 bits per heavy atom. The summed E-state index contributed by atoms with van der Waals surface area (Å²) >= 11 is 0. The summed E-state index contributed by atoms with van der Waals surface area (Å²) < 4.78 is 2.53. The van der Waals surface area contributed by atoms with Gasteiger partial charge in [-0.1, -0.05) is 136 Å². The number of pyridine rings is 2. The van der Waals surface area contributed by atoms with Gasteiger partial charge in [-0.15, -0.1) is 0 Å². The van der Waals surface area contributed by atoms with Crippen LogP contribution in [-0.4, -0.2) is 14.4 Å². The average molecular weight is 714 g/mol. The highest BCUT2D eigenvalue weighted by Gasteiger charge is 2.31. The van der Waals surface area contributed by atoms with Crippen LogP contribution in [0.25, 0.3) is 49.7 Å². The second-order valence-electron chi connectivity index (χ2n) is 16.6. The first-order valence-electron chi connectivity index (χ1n) is 20.9. The molecule has 3 heteroatoms. The van der Waals surface area contributed by atoms with Gasteiger partial charge in [0.25, 0.3) is 0 Å². The number of aromatic nitrogens is 3. The van der Waals surface area contributed by atoms with Crippen LogP contribution < -0.4 is 0 Å². The van der Waals surface area contributed by atoms with E-state index >= 15 is 0 Å². The van der Waals surface area contributed by atoms with Gasteiger partial charge < -0.3 is 0 Å². The average Bonchev–Trinajstić information content (AvgIpc) is 3.84. The van der Waals surface area contributed by atoms with Crippen LogP contribution in [0.15, 0.2) is 134 Å². The fourth-order valence-electron chi connectivity index (χ4n) is 10.8. The number of fused-ring (bicyclic) bond motifs is 9. The molecular formula is C52H47N3. The van der Waals surface area contributed by atoms with Crippen molar-refractivity contribution in [2.75, 3.05) is 0 Å². The van der Waals surface area contributed by atoms with E-state index in [0.717, 1.165) is 17.8 Å². The van der Waals surface area contributed by atoms with Crippen LogP contribution in [0.4, 0.5) is 0 Å². The second kappa shape index (κ2) is 13.6. The normalized spacial score (nSPS) is 17.6. The number of para-hydroxylation sites is 1. The van der Waals surface area contributed by atoms with Gasteiger partial charge in [0.05, 0.1) is 29.0 Å². The fourth-order valence-corrected chi connectivity index (χ4v) is 10.8. The van der Waals surface area contributed by atoms with Gasteiger partial charge >= 0.3 is 0 Å². The van der Waals surface area contributed by atoms with Crippen molar-refractivity contribution in [3.05, 3.63) is 173 Å². The summed E-state index contributed by atoms with van der Waals surface area (Å²) in [5.74, 6) is 1.38. The van der Waals surface area contributed by atoms with Crippen molar-refractivity contribution in [2.24, 2.45) is 0 Å². The van der Waals surface area contributed by atoms with Gasteiger partial charge in [0.15, 0.2) is 0 Å². The van der Waals surface area contributed by atoms with E-state index in [-0.39, 0.29) is 5.92 Å². The highest BCUT2D eigenvalue weighted by atomic mass is 15.0. The first-order chi connectivity index (χ1) is 27.3. The van der Waals surface area contributed by atoms with Crippen molar-refractivity contribution in [3.8, 4) is 22.4 Å². The van der Waals surface area contributed by atoms with E-state index in [0.29, 0.717) is 11.8 Å². The lowest BCUT2D eigenvalue weighted by atomic mass is 9.76. The summed E-state index contributed by atoms with van der Waals surface area (Å²) in [6.07, 6.45) is 18.3. The predicted octanol–water partition coefficient (Wildman–Crippen LogP) is 13.5. The smallest absolute Gasteiger partial charge is 0.145 e. The molecule has 0 aliphatic heterocycles. The predicted molar refractivity (Wildman–Crippen MR) is 227 cm³/mol. The molecule has 5 aromatic carbocycles. The second-order valence-corrected chi connectivity index (χ2v) is 16.6. The molecule has 3 aromatic heterocycles. The maximum Gasteiger partial charge on any atom is 0.145 e. The number of rotatable bonds is 6. The fraction of sp³-hybridized carbons (Fsp3) is 0.269. The molecule has 0 amide bonds. The molecule has 11 rings (SSSR count). The Balaban J connectivity index is 1.06. The van der Waals surface area contributed by atoms with Crippen molar-refractivity contribution < 1.29 is 0 Å². The van der Waals surface area contributed by atoms with Crippen LogP contribution in [0.5, 0.6) is 0 Å². The molecule has 3 aliphatic rings. The third-order valence-electron chi connectivity index (χ3n) is 13.4. The van der Waals surface area contributed by atoms with Crippen molar-refractivity contribution in [1.82, 2.24) is 14.4 Å². The molecule has 3 nitrogen and oxygen atoms in total. The number of hydrogen-bond donors (Lipinski definition) is 0. The number of imidazole rings is 1. The van der Waals surface area contributed by atoms with Gasteiger partial charge in [0.1, 0.15) is 5.65 Å². The molecule has 3 aliphatic carbocycles. The van der Waals surface area contributed by atoms with Gasteiger partial charge in [0, 0.05) is 22.5 Å². The minimum atomic E-state index is 0.147. The third kappa shape index (κ3) is 5.54. The summed E-state index contributed by atoms with van der Waals surface area (Å²) in [7, 11) is 0. The van der Waals surface area contributed by atoms with Crippen molar-refractivity contribution in [1.29, 1.82) is 0 Å². The van der Waals surface area contributed by atoms with Crippen molar-refractivity contribution in [2.45, 2.75) is 88.4 Å². The van der Waals surface area contributed by atoms with Crippen molar-refractivity contribution >= 4 is 27.3 Å². The van der Waals surface area contributed by atoms with Crippen molar-refractivity contribution in [3.63, 3.8) is 0 Å². The van der Waals surface area contributed by atoms with Gasteiger partial charge in [-0.05, 0) is 118 Å². The van der Waals surface area contributed by atoms with Gasteiger partial charge in [-0.25, -0.2) is 4.98 Å². The monoisotopic (exact) mass is 713 g/mol. The Hall–Kier alpha value is -5.54. The maximum atomic E-state index is 5.36. The topological polar surface area (TPSA) is 30.2 Å². The zero-order valence-corrected chi connectivity index (χ0v) is 31.6. The van der Waals surface area contributed by atoms with E-state index in [1.54, 1.807) is 11.1 Å². The first kappa shape index (κ1) is 32.9. The molecule has 1 unspecified atom stereocenters. The van der Waals surface area contributed by atoms with E-state index in [9.17, 15) is 0 Å². The largest absolute Gasteiger partial charge is 0.292 e. The molecule has 8 aromatic rings. The Labute approximate surface area is 324 Å². The van der Waals surface area contributed by atoms with Crippen LogP contribution in [0.3, 0.4) is 0 Å². The van der Waals surface area contributed by atoms with Crippen LogP contribution >= 0.6 is 0 Å². The van der Waals surface area contributed by atoms with Gasteiger partial charge in [0.2, 0.25) is 0 Å². The summed E-state index contributed by atoms with van der Waals surface area (Å²) in [5, 5.41) is 3.80. The van der Waals surface area contributed by atoms with Crippen LogP contribution in [0.1, 0.15) is 121 Å². The first-order valence-corrected chi connectivity index (χ1v) is 20.9. The molecule has 0 N–H and O–H groups in total. The highest BCUT2D eigenvalue weighted by Crippen LogP contribution is 2.49. The Morgan fingerprint density at radius 1 is 0.509 bits per heavy atom. The van der Waals surface area contributed by atoms with Crippen LogP contribution in [0.2, 0.25) is 0 Å². The Morgan fingerprint density at radius 2 is 1.18 bits per heavy atom. The summed E-state index contributed by atoms with van der Waals surface area (Å²) in [6.45, 7) is 0. The quantitative estimate of drug-likeness (QED) is 0.161. The SMILES string of the molecule is c1ccc(C2c3ccccc3-c3ccc(Cc4ccc5c6ccccc6n6c(-c7c(C8CCCCC8)cccc7C7CCCCC7)cnc6c5c4)cc32)nc1. The van der Waals surface area contributed by atoms with Crippen LogP contribution in [0, 0.1) is 0 Å². The molecule has 0 spiro atoms. The highest BCUT2D eigenvalue weighted by molar-refractivity contribution is 6.12. The molecule has 0 saturated heterocycles. The zero-order chi connectivity index (χ0) is 36.3. The van der Waals surface area contributed by atoms with E-state index in [4.69, 9.17) is 9.97 Å². The molecule has 0 radical (unpaired) electrons. The number of nitrogens with zero attached hydrogens (tertiary/aromatic N) is 3. The van der Waals surface area contributed by atoms with Gasteiger partial charge in [-0.3, -0.25) is 9.38 Å². The lowest BCUT2D eigenvalue weighted by Crippen LogP contribution is -2.12. The molecule has 55 heavy (non-hydrogen) atoms.